The van der Waals surface area contributed by atoms with Gasteiger partial charge < -0.3 is 19.9 Å². The van der Waals surface area contributed by atoms with Crippen LogP contribution in [0, 0.1) is 13.8 Å². The first kappa shape index (κ1) is 15.8. The molecule has 0 amide bonds. The zero-order valence-electron chi connectivity index (χ0n) is 13.8. The average molecular weight is 313 g/mol. The minimum Gasteiger partial charge on any atom is -0.490 e. The third kappa shape index (κ3) is 2.92. The summed E-state index contributed by atoms with van der Waals surface area (Å²) in [6, 6.07) is 13.7. The number of ether oxygens (including phenoxy) is 2. The molecule has 1 heterocycles. The van der Waals surface area contributed by atoms with Crippen molar-refractivity contribution >= 4 is 0 Å². The molecule has 0 unspecified atom stereocenters. The first-order valence-electron chi connectivity index (χ1n) is 7.87. The van der Waals surface area contributed by atoms with Crippen molar-refractivity contribution in [2.75, 3.05) is 20.2 Å². The van der Waals surface area contributed by atoms with E-state index in [1.54, 1.807) is 0 Å². The standard InChI is InChI=1S/C19H23NO3/c1-13-7-6-10-16(14(13)2)23-18-15-8-4-5-9-17(15)22-12-19(18,21)11-20-3/h4-10,18,20-21H,11-12H2,1-3H3/t18-,19-/m1/s1. The molecule has 23 heavy (non-hydrogen) atoms. The van der Waals surface area contributed by atoms with Crippen molar-refractivity contribution in [3.8, 4) is 11.5 Å². The van der Waals surface area contributed by atoms with Crippen LogP contribution in [0.5, 0.6) is 11.5 Å². The first-order chi connectivity index (χ1) is 11.0. The Morgan fingerprint density at radius 3 is 2.78 bits per heavy atom. The van der Waals surface area contributed by atoms with E-state index in [0.29, 0.717) is 6.54 Å². The molecule has 0 fully saturated rings. The van der Waals surface area contributed by atoms with Crippen molar-refractivity contribution in [1.29, 1.82) is 0 Å². The molecule has 0 bridgehead atoms. The van der Waals surface area contributed by atoms with Gasteiger partial charge in [0, 0.05) is 12.1 Å². The van der Waals surface area contributed by atoms with E-state index in [9.17, 15) is 5.11 Å². The van der Waals surface area contributed by atoms with Gasteiger partial charge in [-0.3, -0.25) is 0 Å². The van der Waals surface area contributed by atoms with Gasteiger partial charge in [-0.1, -0.05) is 30.3 Å². The predicted octanol–water partition coefficient (Wildman–Crippen LogP) is 2.77. The molecular weight excluding hydrogens is 290 g/mol. The highest BCUT2D eigenvalue weighted by Gasteiger charge is 2.45. The van der Waals surface area contributed by atoms with Crippen molar-refractivity contribution in [2.24, 2.45) is 0 Å². The third-order valence-electron chi connectivity index (χ3n) is 4.45. The lowest BCUT2D eigenvalue weighted by Gasteiger charge is -2.40. The lowest BCUT2D eigenvalue weighted by Crippen LogP contribution is -2.53. The summed E-state index contributed by atoms with van der Waals surface area (Å²) >= 11 is 0. The maximum absolute atomic E-state index is 11.1. The number of hydrogen-bond donors (Lipinski definition) is 2. The molecule has 0 aromatic heterocycles. The van der Waals surface area contributed by atoms with E-state index in [-0.39, 0.29) is 6.61 Å². The van der Waals surface area contributed by atoms with Crippen LogP contribution in [-0.2, 0) is 0 Å². The summed E-state index contributed by atoms with van der Waals surface area (Å²) < 4.78 is 12.0. The van der Waals surface area contributed by atoms with E-state index in [1.165, 1.54) is 5.56 Å². The van der Waals surface area contributed by atoms with Crippen molar-refractivity contribution < 1.29 is 14.6 Å². The van der Waals surface area contributed by atoms with Gasteiger partial charge in [-0.15, -0.1) is 0 Å². The molecule has 122 valence electrons. The average Bonchev–Trinajstić information content (AvgIpc) is 2.54. The van der Waals surface area contributed by atoms with Gasteiger partial charge in [0.05, 0.1) is 0 Å². The SMILES string of the molecule is CNC[C@@]1(O)COc2ccccc2[C@H]1Oc1cccc(C)c1C. The molecule has 2 aromatic carbocycles. The smallest absolute Gasteiger partial charge is 0.160 e. The van der Waals surface area contributed by atoms with Crippen LogP contribution in [0.4, 0.5) is 0 Å². The molecule has 0 aliphatic carbocycles. The molecule has 1 aliphatic rings. The quantitative estimate of drug-likeness (QED) is 0.911. The second-order valence-electron chi connectivity index (χ2n) is 6.16. The number of aliphatic hydroxyl groups is 1. The van der Waals surface area contributed by atoms with Crippen LogP contribution in [0.1, 0.15) is 22.8 Å². The molecule has 2 N–H and O–H groups in total. The van der Waals surface area contributed by atoms with Crippen molar-refractivity contribution in [2.45, 2.75) is 25.6 Å². The lowest BCUT2D eigenvalue weighted by molar-refractivity contribution is -0.101. The highest BCUT2D eigenvalue weighted by molar-refractivity contribution is 5.43. The minimum atomic E-state index is -1.13. The molecule has 0 radical (unpaired) electrons. The Balaban J connectivity index is 2.02. The fraction of sp³-hybridized carbons (Fsp3) is 0.368. The Labute approximate surface area is 137 Å². The normalized spacial score (nSPS) is 23.0. The van der Waals surface area contributed by atoms with Crippen LogP contribution < -0.4 is 14.8 Å². The molecule has 0 saturated heterocycles. The Morgan fingerprint density at radius 2 is 2.00 bits per heavy atom. The van der Waals surface area contributed by atoms with E-state index in [1.807, 2.05) is 50.4 Å². The monoisotopic (exact) mass is 313 g/mol. The fourth-order valence-corrected chi connectivity index (χ4v) is 3.00. The number of benzene rings is 2. The maximum atomic E-state index is 11.1. The van der Waals surface area contributed by atoms with E-state index >= 15 is 0 Å². The van der Waals surface area contributed by atoms with Gasteiger partial charge in [-0.05, 0) is 44.2 Å². The van der Waals surface area contributed by atoms with Crippen LogP contribution in [-0.4, -0.2) is 30.9 Å². The van der Waals surface area contributed by atoms with Gasteiger partial charge in [0.15, 0.2) is 11.7 Å². The van der Waals surface area contributed by atoms with Crippen LogP contribution in [0.15, 0.2) is 42.5 Å². The van der Waals surface area contributed by atoms with E-state index in [4.69, 9.17) is 9.47 Å². The van der Waals surface area contributed by atoms with Crippen LogP contribution in [0.2, 0.25) is 0 Å². The number of nitrogens with one attached hydrogen (secondary N) is 1. The third-order valence-corrected chi connectivity index (χ3v) is 4.45. The lowest BCUT2D eigenvalue weighted by atomic mass is 9.88. The summed E-state index contributed by atoms with van der Waals surface area (Å²) in [6.07, 6.45) is -0.486. The summed E-state index contributed by atoms with van der Waals surface area (Å²) in [5, 5.41) is 14.1. The maximum Gasteiger partial charge on any atom is 0.160 e. The van der Waals surface area contributed by atoms with Gasteiger partial charge in [0.1, 0.15) is 18.1 Å². The van der Waals surface area contributed by atoms with Crippen molar-refractivity contribution in [3.63, 3.8) is 0 Å². The number of likely N-dealkylation sites (N-methyl/N-ethyl adjacent to an activating group) is 1. The van der Waals surface area contributed by atoms with Crippen molar-refractivity contribution in [1.82, 2.24) is 5.32 Å². The highest BCUT2D eigenvalue weighted by atomic mass is 16.5. The molecular formula is C19H23NO3. The first-order valence-corrected chi connectivity index (χ1v) is 7.87. The molecule has 1 aliphatic heterocycles. The largest absolute Gasteiger partial charge is 0.490 e. The summed E-state index contributed by atoms with van der Waals surface area (Å²) in [4.78, 5) is 0. The van der Waals surface area contributed by atoms with Gasteiger partial charge in [0.2, 0.25) is 0 Å². The van der Waals surface area contributed by atoms with Crippen LogP contribution in [0.3, 0.4) is 0 Å². The number of para-hydroxylation sites is 1. The Kier molecular flexibility index (Phi) is 4.28. The van der Waals surface area contributed by atoms with Gasteiger partial charge in [0.25, 0.3) is 0 Å². The van der Waals surface area contributed by atoms with Crippen molar-refractivity contribution in [3.05, 3.63) is 59.2 Å². The molecule has 0 spiro atoms. The number of fused-ring (bicyclic) bond motifs is 1. The predicted molar refractivity (Wildman–Crippen MR) is 90.1 cm³/mol. The van der Waals surface area contributed by atoms with E-state index < -0.39 is 11.7 Å². The summed E-state index contributed by atoms with van der Waals surface area (Å²) in [7, 11) is 1.81. The summed E-state index contributed by atoms with van der Waals surface area (Å²) in [5.41, 5.74) is 2.00. The fourth-order valence-electron chi connectivity index (χ4n) is 3.00. The van der Waals surface area contributed by atoms with Crippen LogP contribution in [0.25, 0.3) is 0 Å². The van der Waals surface area contributed by atoms with E-state index in [2.05, 4.69) is 18.3 Å². The molecule has 4 heteroatoms. The molecule has 2 aromatic rings. The Morgan fingerprint density at radius 1 is 1.22 bits per heavy atom. The minimum absolute atomic E-state index is 0.195. The zero-order chi connectivity index (χ0) is 16.4. The number of rotatable bonds is 4. The Hall–Kier alpha value is -2.04. The Bertz CT molecular complexity index is 701. The second kappa shape index (κ2) is 6.22. The summed E-state index contributed by atoms with van der Waals surface area (Å²) in [6.45, 7) is 4.67. The number of hydrogen-bond acceptors (Lipinski definition) is 4. The van der Waals surface area contributed by atoms with Gasteiger partial charge in [-0.25, -0.2) is 0 Å². The molecule has 0 saturated carbocycles. The van der Waals surface area contributed by atoms with Crippen LogP contribution >= 0.6 is 0 Å². The molecule has 2 atom stereocenters. The molecule has 3 rings (SSSR count). The topological polar surface area (TPSA) is 50.7 Å². The highest BCUT2D eigenvalue weighted by Crippen LogP contribution is 2.41. The zero-order valence-corrected chi connectivity index (χ0v) is 13.8. The molecule has 4 nitrogen and oxygen atoms in total. The van der Waals surface area contributed by atoms with Gasteiger partial charge in [-0.2, -0.15) is 0 Å². The number of aryl methyl sites for hydroxylation is 1. The van der Waals surface area contributed by atoms with Gasteiger partial charge >= 0.3 is 0 Å². The summed E-state index contributed by atoms with van der Waals surface area (Å²) in [5.74, 6) is 1.56. The van der Waals surface area contributed by atoms with E-state index in [0.717, 1.165) is 22.6 Å². The second-order valence-corrected chi connectivity index (χ2v) is 6.16.